The number of rotatable bonds is 4. The summed E-state index contributed by atoms with van der Waals surface area (Å²) in [6, 6.07) is 4.34. The Labute approximate surface area is 88.7 Å². The number of amides is 1. The second-order valence-electron chi connectivity index (χ2n) is 3.36. The van der Waals surface area contributed by atoms with Crippen molar-refractivity contribution in [2.45, 2.75) is 13.3 Å². The van der Waals surface area contributed by atoms with E-state index in [4.69, 9.17) is 0 Å². The van der Waals surface area contributed by atoms with E-state index in [0.29, 0.717) is 18.7 Å². The molecule has 1 aromatic carbocycles. The van der Waals surface area contributed by atoms with Gasteiger partial charge in [-0.3, -0.25) is 4.79 Å². The van der Waals surface area contributed by atoms with Crippen LogP contribution in [0.4, 0.5) is 10.1 Å². The minimum absolute atomic E-state index is 0.113. The predicted octanol–water partition coefficient (Wildman–Crippen LogP) is 1.68. The fourth-order valence-corrected chi connectivity index (χ4v) is 1.18. The van der Waals surface area contributed by atoms with Crippen LogP contribution in [0.3, 0.4) is 0 Å². The number of benzene rings is 1. The molecule has 2 N–H and O–H groups in total. The van der Waals surface area contributed by atoms with Gasteiger partial charge in [0.25, 0.3) is 0 Å². The molecular formula is C11H15FN2O. The highest BCUT2D eigenvalue weighted by Gasteiger charge is 2.04. The summed E-state index contributed by atoms with van der Waals surface area (Å²) in [7, 11) is 1.78. The van der Waals surface area contributed by atoms with E-state index in [-0.39, 0.29) is 11.7 Å². The Balaban J connectivity index is 2.63. The summed E-state index contributed by atoms with van der Waals surface area (Å²) in [6.07, 6.45) is 0.381. The average molecular weight is 210 g/mol. The Morgan fingerprint density at radius 2 is 2.20 bits per heavy atom. The Bertz CT molecular complexity index is 352. The van der Waals surface area contributed by atoms with Gasteiger partial charge in [-0.2, -0.15) is 0 Å². The van der Waals surface area contributed by atoms with Crippen LogP contribution in [-0.4, -0.2) is 19.5 Å². The summed E-state index contributed by atoms with van der Waals surface area (Å²) in [5.74, 6) is -0.456. The molecular weight excluding hydrogens is 195 g/mol. The van der Waals surface area contributed by atoms with E-state index in [0.717, 1.165) is 5.56 Å². The lowest BCUT2D eigenvalue weighted by Gasteiger charge is -2.08. The summed E-state index contributed by atoms with van der Waals surface area (Å²) in [4.78, 5) is 11.4. The van der Waals surface area contributed by atoms with Crippen molar-refractivity contribution in [2.24, 2.45) is 0 Å². The largest absolute Gasteiger partial charge is 0.326 e. The van der Waals surface area contributed by atoms with Crippen molar-refractivity contribution in [3.05, 3.63) is 29.6 Å². The molecule has 0 aliphatic rings. The summed E-state index contributed by atoms with van der Waals surface area (Å²) in [5.41, 5.74) is 1.39. The third kappa shape index (κ3) is 3.67. The van der Waals surface area contributed by atoms with Gasteiger partial charge in [-0.05, 0) is 31.7 Å². The quantitative estimate of drug-likeness (QED) is 0.794. The average Bonchev–Trinajstić information content (AvgIpc) is 2.20. The number of nitrogens with one attached hydrogen (secondary N) is 2. The van der Waals surface area contributed by atoms with Crippen molar-refractivity contribution in [1.82, 2.24) is 5.32 Å². The Hall–Kier alpha value is -1.42. The predicted molar refractivity (Wildman–Crippen MR) is 58.3 cm³/mol. The van der Waals surface area contributed by atoms with E-state index in [1.54, 1.807) is 13.1 Å². The van der Waals surface area contributed by atoms with Crippen molar-refractivity contribution in [1.29, 1.82) is 0 Å². The highest BCUT2D eigenvalue weighted by atomic mass is 19.1. The van der Waals surface area contributed by atoms with Gasteiger partial charge in [-0.25, -0.2) is 4.39 Å². The smallest absolute Gasteiger partial charge is 0.225 e. The van der Waals surface area contributed by atoms with Crippen molar-refractivity contribution in [3.8, 4) is 0 Å². The molecule has 1 amide bonds. The molecule has 0 atom stereocenters. The first-order chi connectivity index (χ1) is 7.13. The van der Waals surface area contributed by atoms with E-state index >= 15 is 0 Å². The lowest BCUT2D eigenvalue weighted by atomic mass is 10.2. The Morgan fingerprint density at radius 1 is 1.47 bits per heavy atom. The van der Waals surface area contributed by atoms with Crippen LogP contribution in [0.15, 0.2) is 18.2 Å². The van der Waals surface area contributed by atoms with Gasteiger partial charge in [0, 0.05) is 18.7 Å². The van der Waals surface area contributed by atoms with Crippen molar-refractivity contribution in [2.75, 3.05) is 18.9 Å². The minimum Gasteiger partial charge on any atom is -0.326 e. The second kappa shape index (κ2) is 5.46. The number of anilines is 1. The molecule has 82 valence electrons. The zero-order valence-electron chi connectivity index (χ0n) is 8.93. The van der Waals surface area contributed by atoms with Crippen LogP contribution in [0.25, 0.3) is 0 Å². The highest BCUT2D eigenvalue weighted by molar-refractivity contribution is 5.91. The van der Waals surface area contributed by atoms with E-state index < -0.39 is 0 Å². The van der Waals surface area contributed by atoms with Gasteiger partial charge < -0.3 is 10.6 Å². The maximum Gasteiger partial charge on any atom is 0.225 e. The molecule has 0 bridgehead atoms. The van der Waals surface area contributed by atoms with Gasteiger partial charge in [0.2, 0.25) is 5.91 Å². The standard InChI is InChI=1S/C11H15FN2O/c1-8-3-4-9(12)7-10(8)14-11(15)5-6-13-2/h3-4,7,13H,5-6H2,1-2H3,(H,14,15). The number of hydrogen-bond donors (Lipinski definition) is 2. The number of carbonyl (C=O) groups excluding carboxylic acids is 1. The normalized spacial score (nSPS) is 10.1. The maximum absolute atomic E-state index is 12.9. The zero-order chi connectivity index (χ0) is 11.3. The number of aryl methyl sites for hydroxylation is 1. The van der Waals surface area contributed by atoms with Gasteiger partial charge in [0.15, 0.2) is 0 Å². The van der Waals surface area contributed by atoms with Gasteiger partial charge >= 0.3 is 0 Å². The molecule has 1 rings (SSSR count). The first kappa shape index (κ1) is 11.7. The van der Waals surface area contributed by atoms with Crippen LogP contribution in [0.5, 0.6) is 0 Å². The fourth-order valence-electron chi connectivity index (χ4n) is 1.18. The van der Waals surface area contributed by atoms with Crippen LogP contribution < -0.4 is 10.6 Å². The van der Waals surface area contributed by atoms with E-state index in [1.165, 1.54) is 12.1 Å². The first-order valence-corrected chi connectivity index (χ1v) is 4.84. The molecule has 0 unspecified atom stereocenters. The molecule has 0 aliphatic heterocycles. The molecule has 0 saturated heterocycles. The summed E-state index contributed by atoms with van der Waals surface area (Å²) < 4.78 is 12.9. The lowest BCUT2D eigenvalue weighted by Crippen LogP contribution is -2.19. The molecule has 0 radical (unpaired) electrons. The van der Waals surface area contributed by atoms with Crippen molar-refractivity contribution >= 4 is 11.6 Å². The fraction of sp³-hybridized carbons (Fsp3) is 0.364. The Morgan fingerprint density at radius 3 is 2.87 bits per heavy atom. The van der Waals surface area contributed by atoms with Crippen LogP contribution in [-0.2, 0) is 4.79 Å². The third-order valence-electron chi connectivity index (χ3n) is 2.08. The Kier molecular flexibility index (Phi) is 4.24. The lowest BCUT2D eigenvalue weighted by molar-refractivity contribution is -0.116. The SMILES string of the molecule is CNCCC(=O)Nc1cc(F)ccc1C. The molecule has 0 heterocycles. The molecule has 0 aromatic heterocycles. The summed E-state index contributed by atoms with van der Waals surface area (Å²) in [6.45, 7) is 2.44. The molecule has 0 aliphatic carbocycles. The monoisotopic (exact) mass is 210 g/mol. The van der Waals surface area contributed by atoms with Crippen LogP contribution >= 0.6 is 0 Å². The number of carbonyl (C=O) groups is 1. The van der Waals surface area contributed by atoms with Crippen LogP contribution in [0, 0.1) is 12.7 Å². The number of hydrogen-bond acceptors (Lipinski definition) is 2. The molecule has 15 heavy (non-hydrogen) atoms. The van der Waals surface area contributed by atoms with Gasteiger partial charge in [-0.15, -0.1) is 0 Å². The molecule has 4 heteroatoms. The van der Waals surface area contributed by atoms with Gasteiger partial charge in [-0.1, -0.05) is 6.07 Å². The van der Waals surface area contributed by atoms with E-state index in [9.17, 15) is 9.18 Å². The molecule has 1 aromatic rings. The van der Waals surface area contributed by atoms with Crippen molar-refractivity contribution < 1.29 is 9.18 Å². The molecule has 0 spiro atoms. The maximum atomic E-state index is 12.9. The van der Waals surface area contributed by atoms with Crippen molar-refractivity contribution in [3.63, 3.8) is 0 Å². The second-order valence-corrected chi connectivity index (χ2v) is 3.36. The third-order valence-corrected chi connectivity index (χ3v) is 2.08. The van der Waals surface area contributed by atoms with E-state index in [2.05, 4.69) is 10.6 Å². The number of halogens is 1. The highest BCUT2D eigenvalue weighted by Crippen LogP contribution is 2.15. The van der Waals surface area contributed by atoms with Crippen LogP contribution in [0.1, 0.15) is 12.0 Å². The molecule has 3 nitrogen and oxygen atoms in total. The molecule has 0 saturated carbocycles. The van der Waals surface area contributed by atoms with Gasteiger partial charge in [0.1, 0.15) is 5.82 Å². The topological polar surface area (TPSA) is 41.1 Å². The van der Waals surface area contributed by atoms with Gasteiger partial charge in [0.05, 0.1) is 0 Å². The molecule has 0 fully saturated rings. The minimum atomic E-state index is -0.343. The first-order valence-electron chi connectivity index (χ1n) is 4.84. The summed E-state index contributed by atoms with van der Waals surface area (Å²) >= 11 is 0. The van der Waals surface area contributed by atoms with E-state index in [1.807, 2.05) is 6.92 Å². The zero-order valence-corrected chi connectivity index (χ0v) is 8.93. The van der Waals surface area contributed by atoms with Crippen LogP contribution in [0.2, 0.25) is 0 Å². The summed E-state index contributed by atoms with van der Waals surface area (Å²) in [5, 5.41) is 5.54.